The third-order valence-electron chi connectivity index (χ3n) is 4.34. The molecule has 0 N–H and O–H groups in total. The molecule has 6 nitrogen and oxygen atoms in total. The largest absolute Gasteiger partial charge is 0.497 e. The molecule has 27 heavy (non-hydrogen) atoms. The Labute approximate surface area is 161 Å². The maximum absolute atomic E-state index is 12.3. The lowest BCUT2D eigenvalue weighted by Crippen LogP contribution is -2.27. The van der Waals surface area contributed by atoms with Crippen LogP contribution in [-0.2, 0) is 14.3 Å². The molecule has 1 saturated heterocycles. The fourth-order valence-corrected chi connectivity index (χ4v) is 3.06. The number of anilines is 1. The number of hydrogen-bond donors (Lipinski definition) is 0. The van der Waals surface area contributed by atoms with Gasteiger partial charge >= 0.3 is 5.97 Å². The molecule has 2 aromatic rings. The van der Waals surface area contributed by atoms with E-state index in [1.807, 2.05) is 0 Å². The second kappa shape index (κ2) is 8.22. The van der Waals surface area contributed by atoms with E-state index in [1.165, 1.54) is 12.0 Å². The van der Waals surface area contributed by atoms with Crippen LogP contribution in [0.3, 0.4) is 0 Å². The zero-order chi connectivity index (χ0) is 19.4. The van der Waals surface area contributed by atoms with Gasteiger partial charge in [0.15, 0.2) is 12.4 Å². The third-order valence-corrected chi connectivity index (χ3v) is 4.57. The van der Waals surface area contributed by atoms with Crippen LogP contribution in [0.1, 0.15) is 16.8 Å². The Morgan fingerprint density at radius 1 is 1.19 bits per heavy atom. The highest BCUT2D eigenvalue weighted by molar-refractivity contribution is 6.31. The van der Waals surface area contributed by atoms with Gasteiger partial charge in [-0.3, -0.25) is 14.4 Å². The molecule has 0 aliphatic carbocycles. The number of benzene rings is 2. The summed E-state index contributed by atoms with van der Waals surface area (Å²) < 4.78 is 10.2. The van der Waals surface area contributed by atoms with Gasteiger partial charge in [-0.2, -0.15) is 0 Å². The van der Waals surface area contributed by atoms with Gasteiger partial charge in [-0.1, -0.05) is 17.7 Å². The van der Waals surface area contributed by atoms with Crippen LogP contribution >= 0.6 is 11.6 Å². The summed E-state index contributed by atoms with van der Waals surface area (Å²) in [5, 5.41) is 0.511. The number of ketones is 1. The van der Waals surface area contributed by atoms with E-state index in [1.54, 1.807) is 48.5 Å². The molecular weight excluding hydrogens is 370 g/mol. The van der Waals surface area contributed by atoms with Crippen molar-refractivity contribution in [1.82, 2.24) is 0 Å². The van der Waals surface area contributed by atoms with Crippen molar-refractivity contribution < 1.29 is 23.9 Å². The number of nitrogens with zero attached hydrogens (tertiary/aromatic N) is 1. The van der Waals surface area contributed by atoms with Crippen LogP contribution < -0.4 is 9.64 Å². The summed E-state index contributed by atoms with van der Waals surface area (Å²) in [6, 6.07) is 13.4. The van der Waals surface area contributed by atoms with Gasteiger partial charge in [0.1, 0.15) is 5.75 Å². The van der Waals surface area contributed by atoms with Crippen LogP contribution in [0.5, 0.6) is 5.75 Å². The summed E-state index contributed by atoms with van der Waals surface area (Å²) in [5.74, 6) is -1.04. The quantitative estimate of drug-likeness (QED) is 0.562. The number of esters is 1. The minimum atomic E-state index is -0.611. The first kappa shape index (κ1) is 18.9. The topological polar surface area (TPSA) is 72.9 Å². The normalized spacial score (nSPS) is 16.3. The van der Waals surface area contributed by atoms with Crippen molar-refractivity contribution in [3.63, 3.8) is 0 Å². The Balaban J connectivity index is 1.56. The first-order valence-corrected chi connectivity index (χ1v) is 8.75. The Kier molecular flexibility index (Phi) is 5.76. The molecule has 1 fully saturated rings. The lowest BCUT2D eigenvalue weighted by molar-refractivity contribution is -0.147. The van der Waals surface area contributed by atoms with Gasteiger partial charge in [0, 0.05) is 29.2 Å². The number of Topliss-reactive ketones (excluding diaryl/α,β-unsaturated/α-hetero) is 1. The van der Waals surface area contributed by atoms with Gasteiger partial charge in [-0.15, -0.1) is 0 Å². The summed E-state index contributed by atoms with van der Waals surface area (Å²) in [4.78, 5) is 38.1. The average molecular weight is 388 g/mol. The SMILES string of the molecule is COc1ccc(C(=O)COC(=O)[C@H]2CC(=O)N(c3cccc(Cl)c3)C2)cc1. The smallest absolute Gasteiger partial charge is 0.311 e. The number of hydrogen-bond acceptors (Lipinski definition) is 5. The lowest BCUT2D eigenvalue weighted by atomic mass is 10.1. The maximum Gasteiger partial charge on any atom is 0.311 e. The van der Waals surface area contributed by atoms with E-state index < -0.39 is 11.9 Å². The predicted octanol–water partition coefficient (Wildman–Crippen LogP) is 3.13. The molecule has 0 aromatic heterocycles. The van der Waals surface area contributed by atoms with Crippen LogP contribution in [-0.4, -0.2) is 37.9 Å². The highest BCUT2D eigenvalue weighted by Crippen LogP contribution is 2.27. The lowest BCUT2D eigenvalue weighted by Gasteiger charge is -2.16. The minimum absolute atomic E-state index is 0.0437. The predicted molar refractivity (Wildman–Crippen MR) is 100 cm³/mol. The molecule has 7 heteroatoms. The summed E-state index contributed by atoms with van der Waals surface area (Å²) >= 11 is 5.96. The van der Waals surface area contributed by atoms with Gasteiger partial charge in [-0.05, 0) is 42.5 Å². The van der Waals surface area contributed by atoms with Crippen LogP contribution in [0.2, 0.25) is 5.02 Å². The number of rotatable bonds is 6. The summed E-state index contributed by atoms with van der Waals surface area (Å²) in [7, 11) is 1.54. The molecule has 1 aliphatic heterocycles. The van der Waals surface area contributed by atoms with Crippen LogP contribution in [0.15, 0.2) is 48.5 Å². The molecular formula is C20H18ClNO5. The Morgan fingerprint density at radius 2 is 1.93 bits per heavy atom. The van der Waals surface area contributed by atoms with Crippen molar-refractivity contribution in [2.75, 3.05) is 25.2 Å². The summed E-state index contributed by atoms with van der Waals surface area (Å²) in [6.07, 6.45) is 0.0437. The van der Waals surface area contributed by atoms with E-state index in [9.17, 15) is 14.4 Å². The molecule has 0 bridgehead atoms. The highest BCUT2D eigenvalue weighted by atomic mass is 35.5. The van der Waals surface area contributed by atoms with Crippen molar-refractivity contribution in [2.45, 2.75) is 6.42 Å². The number of ether oxygens (including phenoxy) is 2. The monoisotopic (exact) mass is 387 g/mol. The fraction of sp³-hybridized carbons (Fsp3) is 0.250. The number of carbonyl (C=O) groups is 3. The number of amides is 1. The zero-order valence-electron chi connectivity index (χ0n) is 14.7. The third kappa shape index (κ3) is 4.46. The molecule has 3 rings (SSSR count). The molecule has 1 atom stereocenters. The maximum atomic E-state index is 12.3. The number of halogens is 1. The second-order valence-corrected chi connectivity index (χ2v) is 6.58. The molecule has 0 unspecified atom stereocenters. The molecule has 1 aliphatic rings. The first-order valence-electron chi connectivity index (χ1n) is 8.37. The van der Waals surface area contributed by atoms with E-state index in [0.717, 1.165) is 0 Å². The number of carbonyl (C=O) groups excluding carboxylic acids is 3. The Bertz CT molecular complexity index is 865. The standard InChI is InChI=1S/C20H18ClNO5/c1-26-17-7-5-13(6-8-17)18(23)12-27-20(25)14-9-19(24)22(11-14)16-4-2-3-15(21)10-16/h2-8,10,14H,9,11-12H2,1H3/t14-/m0/s1. The van der Waals surface area contributed by atoms with Gasteiger partial charge in [0.05, 0.1) is 13.0 Å². The van der Waals surface area contributed by atoms with Crippen molar-refractivity contribution in [1.29, 1.82) is 0 Å². The fourth-order valence-electron chi connectivity index (χ4n) is 2.87. The van der Waals surface area contributed by atoms with E-state index in [0.29, 0.717) is 22.0 Å². The molecule has 1 heterocycles. The van der Waals surface area contributed by atoms with Crippen molar-refractivity contribution in [3.8, 4) is 5.75 Å². The van der Waals surface area contributed by atoms with Gasteiger partial charge in [0.2, 0.25) is 5.91 Å². The van der Waals surface area contributed by atoms with E-state index in [2.05, 4.69) is 0 Å². The van der Waals surface area contributed by atoms with Crippen molar-refractivity contribution in [3.05, 3.63) is 59.1 Å². The first-order chi connectivity index (χ1) is 13.0. The summed E-state index contributed by atoms with van der Waals surface area (Å²) in [5.41, 5.74) is 1.06. The van der Waals surface area contributed by atoms with E-state index >= 15 is 0 Å². The Hall–Kier alpha value is -2.86. The Morgan fingerprint density at radius 3 is 2.59 bits per heavy atom. The van der Waals surface area contributed by atoms with Gasteiger partial charge < -0.3 is 14.4 Å². The van der Waals surface area contributed by atoms with Gasteiger partial charge in [0.25, 0.3) is 0 Å². The number of methoxy groups -OCH3 is 1. The minimum Gasteiger partial charge on any atom is -0.497 e. The molecule has 1 amide bonds. The average Bonchev–Trinajstić information content (AvgIpc) is 3.07. The van der Waals surface area contributed by atoms with Crippen molar-refractivity contribution in [2.24, 2.45) is 5.92 Å². The van der Waals surface area contributed by atoms with Crippen LogP contribution in [0, 0.1) is 5.92 Å². The molecule has 0 spiro atoms. The molecule has 0 saturated carbocycles. The van der Waals surface area contributed by atoms with E-state index in [-0.39, 0.29) is 31.3 Å². The second-order valence-electron chi connectivity index (χ2n) is 6.14. The molecule has 2 aromatic carbocycles. The van der Waals surface area contributed by atoms with Crippen molar-refractivity contribution >= 4 is 34.9 Å². The zero-order valence-corrected chi connectivity index (χ0v) is 15.4. The van der Waals surface area contributed by atoms with Gasteiger partial charge in [-0.25, -0.2) is 0 Å². The molecule has 0 radical (unpaired) electrons. The summed E-state index contributed by atoms with van der Waals surface area (Å²) in [6.45, 7) is -0.165. The van der Waals surface area contributed by atoms with E-state index in [4.69, 9.17) is 21.1 Å². The highest BCUT2D eigenvalue weighted by Gasteiger charge is 2.36. The molecule has 140 valence electrons. The van der Waals surface area contributed by atoms with Crippen LogP contribution in [0.25, 0.3) is 0 Å². The van der Waals surface area contributed by atoms with Crippen LogP contribution in [0.4, 0.5) is 5.69 Å².